The number of methoxy groups -OCH3 is 1. The van der Waals surface area contributed by atoms with Crippen LogP contribution in [0, 0.1) is 0 Å². The Hall–Kier alpha value is -2.49. The minimum absolute atomic E-state index is 0.0974. The summed E-state index contributed by atoms with van der Waals surface area (Å²) in [5.74, 6) is 0.501. The van der Waals surface area contributed by atoms with Gasteiger partial charge in [-0.25, -0.2) is 0 Å². The number of carbonyl (C=O) groups excluding carboxylic acids is 1. The van der Waals surface area contributed by atoms with E-state index in [1.54, 1.807) is 19.2 Å². The van der Waals surface area contributed by atoms with Crippen LogP contribution in [0.2, 0.25) is 0 Å². The quantitative estimate of drug-likeness (QED) is 0.799. The second-order valence-corrected chi connectivity index (χ2v) is 5.07. The van der Waals surface area contributed by atoms with Crippen LogP contribution in [0.4, 0.5) is 5.69 Å². The van der Waals surface area contributed by atoms with Crippen LogP contribution in [-0.2, 0) is 0 Å². The lowest BCUT2D eigenvalue weighted by Crippen LogP contribution is -2.28. The number of carbonyl (C=O) groups is 1. The molecule has 0 aromatic heterocycles. The fourth-order valence-corrected chi connectivity index (χ4v) is 2.26. The molecule has 0 atom stereocenters. The summed E-state index contributed by atoms with van der Waals surface area (Å²) in [5.41, 5.74) is 1.75. The number of nitrogens with zero attached hydrogens (tertiary/aromatic N) is 1. The maximum atomic E-state index is 12.1. The van der Waals surface area contributed by atoms with Crippen molar-refractivity contribution in [2.24, 2.45) is 0 Å². The molecular weight excluding hydrogens is 276 g/mol. The lowest BCUT2D eigenvalue weighted by molar-refractivity contribution is 0.0950. The zero-order valence-corrected chi connectivity index (χ0v) is 13.1. The molecule has 0 heterocycles. The highest BCUT2D eigenvalue weighted by molar-refractivity contribution is 5.96. The van der Waals surface area contributed by atoms with Gasteiger partial charge in [0.25, 0.3) is 5.91 Å². The summed E-state index contributed by atoms with van der Waals surface area (Å²) in [6, 6.07) is 17.4. The monoisotopic (exact) mass is 298 g/mol. The van der Waals surface area contributed by atoms with Crippen LogP contribution in [0.3, 0.4) is 0 Å². The molecule has 0 unspecified atom stereocenters. The highest BCUT2D eigenvalue weighted by atomic mass is 16.5. The standard InChI is InChI=1S/C18H22N2O2/c1-20(15-9-4-3-5-10-15)14-8-13-19-18(21)16-11-6-7-12-17(16)22-2/h3-7,9-12H,8,13-14H2,1-2H3,(H,19,21). The van der Waals surface area contributed by atoms with Gasteiger partial charge in [-0.3, -0.25) is 4.79 Å². The number of anilines is 1. The third-order valence-corrected chi connectivity index (χ3v) is 3.50. The van der Waals surface area contributed by atoms with E-state index in [0.717, 1.165) is 13.0 Å². The van der Waals surface area contributed by atoms with Gasteiger partial charge in [0, 0.05) is 25.8 Å². The molecule has 4 heteroatoms. The van der Waals surface area contributed by atoms with Crippen LogP contribution in [0.25, 0.3) is 0 Å². The molecule has 0 aliphatic carbocycles. The van der Waals surface area contributed by atoms with E-state index in [4.69, 9.17) is 4.74 Å². The number of hydrogen-bond donors (Lipinski definition) is 1. The molecule has 1 amide bonds. The van der Waals surface area contributed by atoms with Gasteiger partial charge in [0.2, 0.25) is 0 Å². The number of para-hydroxylation sites is 2. The molecule has 0 saturated carbocycles. The maximum absolute atomic E-state index is 12.1. The van der Waals surface area contributed by atoms with Crippen molar-refractivity contribution in [1.82, 2.24) is 5.32 Å². The molecule has 2 rings (SSSR count). The molecule has 2 aromatic carbocycles. The third-order valence-electron chi connectivity index (χ3n) is 3.50. The van der Waals surface area contributed by atoms with E-state index in [0.29, 0.717) is 17.9 Å². The van der Waals surface area contributed by atoms with E-state index in [1.807, 2.05) is 30.3 Å². The fraction of sp³-hybridized carbons (Fsp3) is 0.278. The molecular formula is C18H22N2O2. The Kier molecular flexibility index (Phi) is 5.83. The summed E-state index contributed by atoms with van der Waals surface area (Å²) in [7, 11) is 3.62. The molecule has 0 bridgehead atoms. The van der Waals surface area contributed by atoms with E-state index in [-0.39, 0.29) is 5.91 Å². The van der Waals surface area contributed by atoms with Crippen molar-refractivity contribution in [2.75, 3.05) is 32.1 Å². The molecule has 116 valence electrons. The van der Waals surface area contributed by atoms with Crippen molar-refractivity contribution in [3.63, 3.8) is 0 Å². The van der Waals surface area contributed by atoms with Gasteiger partial charge in [0.15, 0.2) is 0 Å². The molecule has 0 aliphatic heterocycles. The van der Waals surface area contributed by atoms with E-state index in [9.17, 15) is 4.79 Å². The lowest BCUT2D eigenvalue weighted by atomic mass is 10.2. The Morgan fingerprint density at radius 2 is 1.77 bits per heavy atom. The van der Waals surface area contributed by atoms with Gasteiger partial charge in [0.1, 0.15) is 5.75 Å². The lowest BCUT2D eigenvalue weighted by Gasteiger charge is -2.19. The molecule has 0 fully saturated rings. The van der Waals surface area contributed by atoms with Gasteiger partial charge >= 0.3 is 0 Å². The summed E-state index contributed by atoms with van der Waals surface area (Å²) in [6.07, 6.45) is 0.881. The first-order valence-electron chi connectivity index (χ1n) is 7.40. The molecule has 0 radical (unpaired) electrons. The van der Waals surface area contributed by atoms with Gasteiger partial charge in [-0.2, -0.15) is 0 Å². The molecule has 22 heavy (non-hydrogen) atoms. The molecule has 1 N–H and O–H groups in total. The predicted molar refractivity (Wildman–Crippen MR) is 89.7 cm³/mol. The Morgan fingerprint density at radius 1 is 1.09 bits per heavy atom. The van der Waals surface area contributed by atoms with Crippen LogP contribution in [0.5, 0.6) is 5.75 Å². The van der Waals surface area contributed by atoms with E-state index in [1.165, 1.54) is 5.69 Å². The van der Waals surface area contributed by atoms with Crippen molar-refractivity contribution in [3.05, 3.63) is 60.2 Å². The number of ether oxygens (including phenoxy) is 1. The van der Waals surface area contributed by atoms with Crippen LogP contribution in [0.1, 0.15) is 16.8 Å². The van der Waals surface area contributed by atoms with E-state index < -0.39 is 0 Å². The van der Waals surface area contributed by atoms with E-state index >= 15 is 0 Å². The van der Waals surface area contributed by atoms with Crippen LogP contribution in [-0.4, -0.2) is 33.2 Å². The second kappa shape index (κ2) is 8.08. The molecule has 0 spiro atoms. The fourth-order valence-electron chi connectivity index (χ4n) is 2.26. The van der Waals surface area contributed by atoms with Crippen LogP contribution in [0.15, 0.2) is 54.6 Å². The van der Waals surface area contributed by atoms with Crippen molar-refractivity contribution < 1.29 is 9.53 Å². The maximum Gasteiger partial charge on any atom is 0.255 e. The number of nitrogens with one attached hydrogen (secondary N) is 1. The van der Waals surface area contributed by atoms with E-state index in [2.05, 4.69) is 29.4 Å². The highest BCUT2D eigenvalue weighted by Gasteiger charge is 2.10. The minimum atomic E-state index is -0.0974. The largest absolute Gasteiger partial charge is 0.496 e. The number of amides is 1. The highest BCUT2D eigenvalue weighted by Crippen LogP contribution is 2.16. The Balaban J connectivity index is 1.78. The molecule has 0 saturated heterocycles. The first-order valence-corrected chi connectivity index (χ1v) is 7.40. The summed E-state index contributed by atoms with van der Waals surface area (Å²) >= 11 is 0. The van der Waals surface area contributed by atoms with Crippen LogP contribution >= 0.6 is 0 Å². The average molecular weight is 298 g/mol. The zero-order valence-electron chi connectivity index (χ0n) is 13.1. The summed E-state index contributed by atoms with van der Waals surface area (Å²) in [4.78, 5) is 14.3. The topological polar surface area (TPSA) is 41.6 Å². The Labute approximate surface area is 131 Å². The summed E-state index contributed by atoms with van der Waals surface area (Å²) < 4.78 is 5.20. The molecule has 0 aliphatic rings. The number of benzene rings is 2. The number of hydrogen-bond acceptors (Lipinski definition) is 3. The summed E-state index contributed by atoms with van der Waals surface area (Å²) in [5, 5.41) is 2.93. The van der Waals surface area contributed by atoms with Crippen molar-refractivity contribution >= 4 is 11.6 Å². The Bertz CT molecular complexity index is 599. The van der Waals surface area contributed by atoms with Gasteiger partial charge < -0.3 is 15.0 Å². The van der Waals surface area contributed by atoms with Crippen molar-refractivity contribution in [2.45, 2.75) is 6.42 Å². The normalized spacial score (nSPS) is 10.1. The average Bonchev–Trinajstić information content (AvgIpc) is 2.59. The van der Waals surface area contributed by atoms with Gasteiger partial charge in [-0.1, -0.05) is 30.3 Å². The smallest absolute Gasteiger partial charge is 0.255 e. The van der Waals surface area contributed by atoms with Gasteiger partial charge in [-0.15, -0.1) is 0 Å². The first-order chi connectivity index (χ1) is 10.7. The predicted octanol–water partition coefficient (Wildman–Crippen LogP) is 2.95. The Morgan fingerprint density at radius 3 is 2.50 bits per heavy atom. The summed E-state index contributed by atoms with van der Waals surface area (Å²) in [6.45, 7) is 1.52. The van der Waals surface area contributed by atoms with Gasteiger partial charge in [0.05, 0.1) is 12.7 Å². The van der Waals surface area contributed by atoms with Crippen molar-refractivity contribution in [1.29, 1.82) is 0 Å². The SMILES string of the molecule is COc1ccccc1C(=O)NCCCN(C)c1ccccc1. The van der Waals surface area contributed by atoms with Gasteiger partial charge in [-0.05, 0) is 30.7 Å². The third kappa shape index (κ3) is 4.25. The minimum Gasteiger partial charge on any atom is -0.496 e. The molecule has 4 nitrogen and oxygen atoms in total. The van der Waals surface area contributed by atoms with Crippen LogP contribution < -0.4 is 15.0 Å². The zero-order chi connectivity index (χ0) is 15.8. The molecule has 2 aromatic rings. The number of rotatable bonds is 7. The first kappa shape index (κ1) is 15.9. The second-order valence-electron chi connectivity index (χ2n) is 5.07. The van der Waals surface area contributed by atoms with Crippen molar-refractivity contribution in [3.8, 4) is 5.75 Å².